The second-order valence-electron chi connectivity index (χ2n) is 7.54. The van der Waals surface area contributed by atoms with Crippen molar-refractivity contribution in [2.75, 3.05) is 31.9 Å². The van der Waals surface area contributed by atoms with Crippen molar-refractivity contribution in [2.24, 2.45) is 0 Å². The van der Waals surface area contributed by atoms with Gasteiger partial charge in [-0.3, -0.25) is 4.57 Å². The van der Waals surface area contributed by atoms with E-state index < -0.39 is 11.4 Å². The lowest BCUT2D eigenvalue weighted by molar-refractivity contribution is 0.191. The number of hydrogen-bond donors (Lipinski definition) is 2. The molecule has 0 spiro atoms. The van der Waals surface area contributed by atoms with Crippen molar-refractivity contribution in [3.63, 3.8) is 0 Å². The van der Waals surface area contributed by atoms with Crippen molar-refractivity contribution in [3.05, 3.63) is 74.7 Å². The molecule has 3 N–H and O–H groups in total. The maximum atomic E-state index is 13.3. The fraction of sp³-hybridized carbons (Fsp3) is 0.391. The smallest absolute Gasteiger partial charge is 0.355 e. The Balaban J connectivity index is 1.87. The van der Waals surface area contributed by atoms with Gasteiger partial charge in [-0.1, -0.05) is 18.2 Å². The lowest BCUT2D eigenvalue weighted by Gasteiger charge is -2.16. The number of nitrogens with two attached hydrogens (primary N) is 1. The van der Waals surface area contributed by atoms with Gasteiger partial charge in [0.2, 0.25) is 5.95 Å². The van der Waals surface area contributed by atoms with E-state index >= 15 is 0 Å². The number of nitrogens with zero attached hydrogens (tertiary/aromatic N) is 4. The number of benzene rings is 1. The van der Waals surface area contributed by atoms with Gasteiger partial charge in [0.15, 0.2) is 0 Å². The maximum Gasteiger partial charge on any atom is 0.355 e. The molecule has 10 heteroatoms. The van der Waals surface area contributed by atoms with E-state index in [-0.39, 0.29) is 19.0 Å². The van der Waals surface area contributed by atoms with Crippen molar-refractivity contribution in [3.8, 4) is 5.75 Å². The van der Waals surface area contributed by atoms with Crippen LogP contribution in [-0.2, 0) is 24.4 Å². The van der Waals surface area contributed by atoms with Gasteiger partial charge in [-0.2, -0.15) is 4.98 Å². The van der Waals surface area contributed by atoms with E-state index in [2.05, 4.69) is 15.3 Å². The van der Waals surface area contributed by atoms with Crippen molar-refractivity contribution in [2.45, 2.75) is 38.9 Å². The SMILES string of the molecule is COCCCCCn1c(NCc2cccnc2N)nc(=O)n(Cc2ccc(OC)cc2)c1=O. The summed E-state index contributed by atoms with van der Waals surface area (Å²) in [5, 5.41) is 3.09. The number of nitrogen functional groups attached to an aromatic ring is 1. The molecule has 0 aliphatic carbocycles. The van der Waals surface area contributed by atoms with Crippen LogP contribution in [0.4, 0.5) is 11.8 Å². The molecule has 3 aromatic rings. The van der Waals surface area contributed by atoms with E-state index in [0.717, 1.165) is 35.0 Å². The number of aromatic nitrogens is 4. The van der Waals surface area contributed by atoms with E-state index in [1.807, 2.05) is 18.2 Å². The Morgan fingerprint density at radius 1 is 1.03 bits per heavy atom. The first-order chi connectivity index (χ1) is 16.0. The van der Waals surface area contributed by atoms with Crippen LogP contribution in [0.3, 0.4) is 0 Å². The number of methoxy groups -OCH3 is 2. The van der Waals surface area contributed by atoms with Gasteiger partial charge in [0.25, 0.3) is 0 Å². The Labute approximate surface area is 192 Å². The minimum Gasteiger partial charge on any atom is -0.497 e. The fourth-order valence-electron chi connectivity index (χ4n) is 3.38. The molecular weight excluding hydrogens is 424 g/mol. The largest absolute Gasteiger partial charge is 0.497 e. The highest BCUT2D eigenvalue weighted by Crippen LogP contribution is 2.12. The van der Waals surface area contributed by atoms with Crippen molar-refractivity contribution in [1.29, 1.82) is 0 Å². The first kappa shape index (κ1) is 24.0. The summed E-state index contributed by atoms with van der Waals surface area (Å²) in [6.45, 7) is 1.49. The molecule has 0 unspecified atom stereocenters. The zero-order valence-electron chi connectivity index (χ0n) is 19.0. The fourth-order valence-corrected chi connectivity index (χ4v) is 3.38. The zero-order valence-corrected chi connectivity index (χ0v) is 19.0. The monoisotopic (exact) mass is 454 g/mol. The number of unbranched alkanes of at least 4 members (excludes halogenated alkanes) is 2. The maximum absolute atomic E-state index is 13.3. The van der Waals surface area contributed by atoms with Crippen LogP contribution in [0.5, 0.6) is 5.75 Å². The zero-order chi connectivity index (χ0) is 23.6. The van der Waals surface area contributed by atoms with E-state index in [4.69, 9.17) is 15.2 Å². The summed E-state index contributed by atoms with van der Waals surface area (Å²) in [5.41, 5.74) is 6.43. The number of pyridine rings is 1. The van der Waals surface area contributed by atoms with E-state index in [0.29, 0.717) is 24.7 Å². The lowest BCUT2D eigenvalue weighted by atomic mass is 10.2. The molecule has 0 atom stereocenters. The van der Waals surface area contributed by atoms with Crippen LogP contribution in [0, 0.1) is 0 Å². The molecular formula is C23H30N6O4. The number of hydrogen-bond acceptors (Lipinski definition) is 8. The van der Waals surface area contributed by atoms with Gasteiger partial charge in [-0.15, -0.1) is 0 Å². The molecule has 0 bridgehead atoms. The molecule has 33 heavy (non-hydrogen) atoms. The highest BCUT2D eigenvalue weighted by atomic mass is 16.5. The molecule has 2 heterocycles. The predicted molar refractivity (Wildman–Crippen MR) is 127 cm³/mol. The van der Waals surface area contributed by atoms with E-state index in [1.165, 1.54) is 4.57 Å². The molecule has 3 rings (SSSR count). The Kier molecular flexibility index (Phi) is 8.59. The Morgan fingerprint density at radius 3 is 2.52 bits per heavy atom. The third-order valence-electron chi connectivity index (χ3n) is 5.24. The summed E-state index contributed by atoms with van der Waals surface area (Å²) >= 11 is 0. The number of rotatable bonds is 12. The van der Waals surface area contributed by atoms with Gasteiger partial charge < -0.3 is 20.5 Å². The molecule has 0 fully saturated rings. The van der Waals surface area contributed by atoms with Gasteiger partial charge >= 0.3 is 11.4 Å². The lowest BCUT2D eigenvalue weighted by Crippen LogP contribution is -2.43. The molecule has 0 aliphatic rings. The van der Waals surface area contributed by atoms with Crippen LogP contribution < -0.4 is 27.2 Å². The minimum absolute atomic E-state index is 0.119. The third-order valence-corrected chi connectivity index (χ3v) is 5.24. The summed E-state index contributed by atoms with van der Waals surface area (Å²) in [4.78, 5) is 34.3. The van der Waals surface area contributed by atoms with Crippen molar-refractivity contribution in [1.82, 2.24) is 19.1 Å². The molecule has 0 aliphatic heterocycles. The minimum atomic E-state index is -0.617. The van der Waals surface area contributed by atoms with Crippen LogP contribution in [0.25, 0.3) is 0 Å². The average molecular weight is 455 g/mol. The van der Waals surface area contributed by atoms with Gasteiger partial charge in [-0.05, 0) is 43.0 Å². The highest BCUT2D eigenvalue weighted by Gasteiger charge is 2.14. The van der Waals surface area contributed by atoms with Gasteiger partial charge in [0, 0.05) is 38.6 Å². The summed E-state index contributed by atoms with van der Waals surface area (Å²) in [5.74, 6) is 1.30. The van der Waals surface area contributed by atoms with Crippen LogP contribution >= 0.6 is 0 Å². The standard InChI is InChI=1S/C23H30N6O4/c1-32-14-5-3-4-13-28-21(26-15-18-7-6-12-25-20(18)24)27-22(30)29(23(28)31)16-17-8-10-19(33-2)11-9-17/h6-12H,3-5,13-16H2,1-2H3,(H2,24,25)(H,26,27,30). The van der Waals surface area contributed by atoms with Crippen LogP contribution in [0.2, 0.25) is 0 Å². The molecule has 2 aromatic heterocycles. The van der Waals surface area contributed by atoms with Crippen LogP contribution in [-0.4, -0.2) is 39.9 Å². The van der Waals surface area contributed by atoms with Gasteiger partial charge in [0.05, 0.1) is 13.7 Å². The number of nitrogens with one attached hydrogen (secondary N) is 1. The van der Waals surface area contributed by atoms with E-state index in [9.17, 15) is 9.59 Å². The molecule has 1 aromatic carbocycles. The molecule has 0 saturated heterocycles. The van der Waals surface area contributed by atoms with Gasteiger partial charge in [-0.25, -0.2) is 19.1 Å². The second-order valence-corrected chi connectivity index (χ2v) is 7.54. The summed E-state index contributed by atoms with van der Waals surface area (Å²) in [6, 6.07) is 10.8. The second kappa shape index (κ2) is 11.8. The van der Waals surface area contributed by atoms with Crippen LogP contribution in [0.15, 0.2) is 52.2 Å². The first-order valence-electron chi connectivity index (χ1n) is 10.8. The predicted octanol–water partition coefficient (Wildman–Crippen LogP) is 1.87. The molecule has 10 nitrogen and oxygen atoms in total. The summed E-state index contributed by atoms with van der Waals surface area (Å²) < 4.78 is 12.9. The summed E-state index contributed by atoms with van der Waals surface area (Å²) in [6.07, 6.45) is 4.12. The Bertz CT molecular complexity index is 1160. The van der Waals surface area contributed by atoms with Gasteiger partial charge in [0.1, 0.15) is 11.6 Å². The third kappa shape index (κ3) is 6.42. The normalized spacial score (nSPS) is 10.8. The summed E-state index contributed by atoms with van der Waals surface area (Å²) in [7, 11) is 3.25. The topological polar surface area (TPSA) is 126 Å². The van der Waals surface area contributed by atoms with Crippen molar-refractivity contribution < 1.29 is 9.47 Å². The van der Waals surface area contributed by atoms with Crippen molar-refractivity contribution >= 4 is 11.8 Å². The molecule has 0 saturated carbocycles. The Morgan fingerprint density at radius 2 is 1.82 bits per heavy atom. The number of ether oxygens (including phenoxy) is 2. The average Bonchev–Trinajstić information content (AvgIpc) is 2.83. The first-order valence-corrected chi connectivity index (χ1v) is 10.8. The van der Waals surface area contributed by atoms with E-state index in [1.54, 1.807) is 38.6 Å². The molecule has 0 radical (unpaired) electrons. The Hall–Kier alpha value is -3.66. The molecule has 0 amide bonds. The molecule has 176 valence electrons. The quantitative estimate of drug-likeness (QED) is 0.397. The van der Waals surface area contributed by atoms with Crippen LogP contribution in [0.1, 0.15) is 30.4 Å². The highest BCUT2D eigenvalue weighted by molar-refractivity contribution is 5.41. The number of anilines is 2.